The molecule has 3 N–H and O–H groups in total. The monoisotopic (exact) mass is 461 g/mol. The van der Waals surface area contributed by atoms with Gasteiger partial charge in [-0.1, -0.05) is 0 Å². The van der Waals surface area contributed by atoms with Gasteiger partial charge in [0.05, 0.1) is 36.0 Å². The summed E-state index contributed by atoms with van der Waals surface area (Å²) in [6, 6.07) is 5.61. The lowest BCUT2D eigenvalue weighted by Gasteiger charge is -2.34. The molecule has 3 aromatic rings. The van der Waals surface area contributed by atoms with Gasteiger partial charge in [-0.2, -0.15) is 13.2 Å². The van der Waals surface area contributed by atoms with Gasteiger partial charge in [0.2, 0.25) is 0 Å². The molecule has 1 atom stereocenters. The topological polar surface area (TPSA) is 74.4 Å². The van der Waals surface area contributed by atoms with Gasteiger partial charge in [-0.25, -0.2) is 4.98 Å². The van der Waals surface area contributed by atoms with Crippen molar-refractivity contribution in [2.24, 2.45) is 0 Å². The first-order valence-electron chi connectivity index (χ1n) is 11.1. The summed E-state index contributed by atoms with van der Waals surface area (Å²) in [7, 11) is 0. The van der Waals surface area contributed by atoms with Crippen LogP contribution in [0.15, 0.2) is 24.4 Å². The van der Waals surface area contributed by atoms with Crippen LogP contribution in [0, 0.1) is 0 Å². The van der Waals surface area contributed by atoms with E-state index in [2.05, 4.69) is 38.5 Å². The van der Waals surface area contributed by atoms with E-state index in [0.29, 0.717) is 31.3 Å². The minimum Gasteiger partial charge on any atom is -0.491 e. The number of alkyl halides is 3. The van der Waals surface area contributed by atoms with Gasteiger partial charge in [0.25, 0.3) is 0 Å². The molecule has 33 heavy (non-hydrogen) atoms. The van der Waals surface area contributed by atoms with Crippen molar-refractivity contribution in [2.75, 3.05) is 48.4 Å². The largest absolute Gasteiger partial charge is 0.491 e. The maximum atomic E-state index is 13.5. The normalized spacial score (nSPS) is 18.3. The zero-order valence-electron chi connectivity index (χ0n) is 18.5. The maximum absolute atomic E-state index is 13.5. The lowest BCUT2D eigenvalue weighted by Crippen LogP contribution is -2.41. The standard InChI is InChI=1S/C23H26F3N5O2/c1-3-27-17-10-19(30-22-20(17)15(11-28-22)23(24,25)26)29-16-4-5-18(14-6-8-33-21(14)16)31-7-9-32-13(2)12-31/h4-5,10-11,13H,3,6-9,12H2,1-2H3,(H3,27,28,29,30)/t13-/m0/s1. The second-order valence-electron chi connectivity index (χ2n) is 8.30. The molecule has 0 amide bonds. The smallest absolute Gasteiger partial charge is 0.418 e. The number of ether oxygens (including phenoxy) is 2. The molecule has 10 heteroatoms. The van der Waals surface area contributed by atoms with E-state index >= 15 is 0 Å². The number of aromatic nitrogens is 2. The highest BCUT2D eigenvalue weighted by Crippen LogP contribution is 2.43. The zero-order chi connectivity index (χ0) is 23.2. The summed E-state index contributed by atoms with van der Waals surface area (Å²) >= 11 is 0. The van der Waals surface area contributed by atoms with E-state index in [0.717, 1.165) is 48.4 Å². The molecule has 176 valence electrons. The number of hydrogen-bond donors (Lipinski definition) is 3. The second-order valence-corrected chi connectivity index (χ2v) is 8.30. The maximum Gasteiger partial charge on any atom is 0.418 e. The molecule has 2 aliphatic rings. The average molecular weight is 461 g/mol. The van der Waals surface area contributed by atoms with Crippen molar-refractivity contribution < 1.29 is 22.6 Å². The van der Waals surface area contributed by atoms with Crippen molar-refractivity contribution >= 4 is 33.9 Å². The number of hydrogen-bond acceptors (Lipinski definition) is 6. The number of aromatic amines is 1. The molecule has 0 saturated carbocycles. The fourth-order valence-corrected chi connectivity index (χ4v) is 4.60. The first kappa shape index (κ1) is 21.7. The lowest BCUT2D eigenvalue weighted by atomic mass is 10.1. The van der Waals surface area contributed by atoms with Crippen LogP contribution in [0.1, 0.15) is 25.0 Å². The highest BCUT2D eigenvalue weighted by molar-refractivity contribution is 5.95. The Balaban J connectivity index is 1.50. The van der Waals surface area contributed by atoms with E-state index in [1.165, 1.54) is 0 Å². The van der Waals surface area contributed by atoms with Gasteiger partial charge in [0.1, 0.15) is 17.2 Å². The number of nitrogens with one attached hydrogen (secondary N) is 3. The molecule has 1 aromatic carbocycles. The summed E-state index contributed by atoms with van der Waals surface area (Å²) in [5.41, 5.74) is 2.81. The van der Waals surface area contributed by atoms with Gasteiger partial charge in [-0.3, -0.25) is 0 Å². The fraction of sp³-hybridized carbons (Fsp3) is 0.435. The van der Waals surface area contributed by atoms with Gasteiger partial charge in [0.15, 0.2) is 0 Å². The molecule has 1 fully saturated rings. The Hall–Kier alpha value is -3.14. The highest BCUT2D eigenvalue weighted by atomic mass is 19.4. The zero-order valence-corrected chi connectivity index (χ0v) is 18.5. The van der Waals surface area contributed by atoms with Crippen LogP contribution < -0.4 is 20.3 Å². The Morgan fingerprint density at radius 2 is 2.09 bits per heavy atom. The van der Waals surface area contributed by atoms with E-state index in [4.69, 9.17) is 9.47 Å². The van der Waals surface area contributed by atoms with E-state index in [1.807, 2.05) is 13.0 Å². The second kappa shape index (κ2) is 8.33. The molecule has 0 aliphatic carbocycles. The van der Waals surface area contributed by atoms with Gasteiger partial charge < -0.3 is 30.0 Å². The average Bonchev–Trinajstić information content (AvgIpc) is 3.42. The number of H-pyrrole nitrogens is 1. The van der Waals surface area contributed by atoms with Crippen molar-refractivity contribution in [3.63, 3.8) is 0 Å². The van der Waals surface area contributed by atoms with Crippen LogP contribution in [-0.2, 0) is 17.3 Å². The van der Waals surface area contributed by atoms with E-state index in [1.54, 1.807) is 6.07 Å². The Labute approximate surface area is 189 Å². The van der Waals surface area contributed by atoms with Crippen LogP contribution >= 0.6 is 0 Å². The Morgan fingerprint density at radius 1 is 1.24 bits per heavy atom. The van der Waals surface area contributed by atoms with Crippen molar-refractivity contribution in [3.8, 4) is 5.75 Å². The molecular weight excluding hydrogens is 435 g/mol. The number of fused-ring (bicyclic) bond motifs is 2. The number of nitrogens with zero attached hydrogens (tertiary/aromatic N) is 2. The molecule has 0 unspecified atom stereocenters. The summed E-state index contributed by atoms with van der Waals surface area (Å²) in [6.07, 6.45) is -2.55. The minimum absolute atomic E-state index is 0.0353. The molecule has 2 aliphatic heterocycles. The van der Waals surface area contributed by atoms with Crippen LogP contribution in [0.4, 0.5) is 36.1 Å². The first-order chi connectivity index (χ1) is 15.8. The van der Waals surface area contributed by atoms with E-state index in [9.17, 15) is 13.2 Å². The fourth-order valence-electron chi connectivity index (χ4n) is 4.60. The third-order valence-electron chi connectivity index (χ3n) is 5.99. The predicted molar refractivity (Wildman–Crippen MR) is 122 cm³/mol. The molecule has 1 saturated heterocycles. The SMILES string of the molecule is CCNc1cc(Nc2ccc(N3CCO[C@@H](C)C3)c3c2OCC3)nc2[nH]cc(C(F)(F)F)c12. The highest BCUT2D eigenvalue weighted by Gasteiger charge is 2.35. The van der Waals surface area contributed by atoms with Crippen LogP contribution in [-0.4, -0.2) is 48.9 Å². The Bertz CT molecular complexity index is 1180. The lowest BCUT2D eigenvalue weighted by molar-refractivity contribution is -0.136. The third-order valence-corrected chi connectivity index (χ3v) is 5.99. The number of pyridine rings is 1. The Kier molecular flexibility index (Phi) is 5.48. The van der Waals surface area contributed by atoms with Crippen LogP contribution in [0.3, 0.4) is 0 Å². The number of morpholine rings is 1. The van der Waals surface area contributed by atoms with Crippen molar-refractivity contribution in [2.45, 2.75) is 32.5 Å². The molecular formula is C23H26F3N5O2. The van der Waals surface area contributed by atoms with Crippen LogP contribution in [0.5, 0.6) is 5.75 Å². The number of anilines is 4. The third kappa shape index (κ3) is 4.03. The van der Waals surface area contributed by atoms with Crippen molar-refractivity contribution in [3.05, 3.63) is 35.5 Å². The molecule has 7 nitrogen and oxygen atoms in total. The summed E-state index contributed by atoms with van der Waals surface area (Å²) in [4.78, 5) is 9.39. The summed E-state index contributed by atoms with van der Waals surface area (Å²) in [5.74, 6) is 1.19. The molecule has 2 aromatic heterocycles. The van der Waals surface area contributed by atoms with Gasteiger partial charge in [-0.05, 0) is 26.0 Å². The predicted octanol–water partition coefficient (Wildman–Crippen LogP) is 4.92. The quantitative estimate of drug-likeness (QED) is 0.501. The van der Waals surface area contributed by atoms with Crippen LogP contribution in [0.25, 0.3) is 11.0 Å². The van der Waals surface area contributed by atoms with Gasteiger partial charge in [0, 0.05) is 55.3 Å². The Morgan fingerprint density at radius 3 is 2.85 bits per heavy atom. The molecule has 4 heterocycles. The number of halogens is 3. The van der Waals surface area contributed by atoms with E-state index < -0.39 is 11.7 Å². The van der Waals surface area contributed by atoms with Crippen molar-refractivity contribution in [1.29, 1.82) is 0 Å². The first-order valence-corrected chi connectivity index (χ1v) is 11.1. The van der Waals surface area contributed by atoms with Crippen molar-refractivity contribution in [1.82, 2.24) is 9.97 Å². The van der Waals surface area contributed by atoms with E-state index in [-0.39, 0.29) is 17.1 Å². The molecule has 0 spiro atoms. The molecule has 5 rings (SSSR count). The minimum atomic E-state index is -4.47. The summed E-state index contributed by atoms with van der Waals surface area (Å²) in [6.45, 7) is 7.29. The molecule has 0 radical (unpaired) electrons. The van der Waals surface area contributed by atoms with Gasteiger partial charge >= 0.3 is 6.18 Å². The number of benzene rings is 1. The molecule has 0 bridgehead atoms. The van der Waals surface area contributed by atoms with Crippen LogP contribution in [0.2, 0.25) is 0 Å². The summed E-state index contributed by atoms with van der Waals surface area (Å²) in [5, 5.41) is 6.33. The van der Waals surface area contributed by atoms with Gasteiger partial charge in [-0.15, -0.1) is 0 Å². The summed E-state index contributed by atoms with van der Waals surface area (Å²) < 4.78 is 52.0. The number of rotatable bonds is 5.